The molecular weight excluding hydrogens is 264 g/mol. The fraction of sp³-hybridized carbons (Fsp3) is 0.647. The Hall–Kier alpha value is -1.58. The van der Waals surface area contributed by atoms with Crippen LogP contribution in [0.2, 0.25) is 0 Å². The van der Waals surface area contributed by atoms with Gasteiger partial charge in [0.05, 0.1) is 0 Å². The van der Waals surface area contributed by atoms with Crippen LogP contribution in [0.15, 0.2) is 24.5 Å². The van der Waals surface area contributed by atoms with Gasteiger partial charge in [-0.15, -0.1) is 0 Å². The Morgan fingerprint density at radius 3 is 2.38 bits per heavy atom. The van der Waals surface area contributed by atoms with Crippen molar-refractivity contribution in [3.8, 4) is 0 Å². The van der Waals surface area contributed by atoms with Gasteiger partial charge in [-0.2, -0.15) is 0 Å². The highest BCUT2D eigenvalue weighted by atomic mass is 16.6. The fourth-order valence-corrected chi connectivity index (χ4v) is 2.73. The lowest BCUT2D eigenvalue weighted by Gasteiger charge is -2.39. The molecule has 1 fully saturated rings. The molecule has 4 heteroatoms. The van der Waals surface area contributed by atoms with E-state index in [-0.39, 0.29) is 11.5 Å². The molecule has 1 aromatic rings. The summed E-state index contributed by atoms with van der Waals surface area (Å²) in [7, 11) is 0. The lowest BCUT2D eigenvalue weighted by molar-refractivity contribution is 0.0119. The van der Waals surface area contributed by atoms with Gasteiger partial charge in [-0.1, -0.05) is 6.92 Å². The minimum atomic E-state index is -0.422. The summed E-state index contributed by atoms with van der Waals surface area (Å²) in [5, 5.41) is 0. The Balaban J connectivity index is 1.89. The predicted molar refractivity (Wildman–Crippen MR) is 83.1 cm³/mol. The van der Waals surface area contributed by atoms with Crippen LogP contribution >= 0.6 is 0 Å². The molecule has 1 aliphatic rings. The van der Waals surface area contributed by atoms with Gasteiger partial charge in [0, 0.05) is 25.5 Å². The van der Waals surface area contributed by atoms with Crippen LogP contribution in [0, 0.1) is 5.41 Å². The first-order valence-corrected chi connectivity index (χ1v) is 7.64. The van der Waals surface area contributed by atoms with Gasteiger partial charge in [-0.25, -0.2) is 4.79 Å². The second-order valence-electron chi connectivity index (χ2n) is 7.31. The van der Waals surface area contributed by atoms with Gasteiger partial charge in [0.1, 0.15) is 5.60 Å². The standard InChI is InChI=1S/C17H26N2O2/c1-16(2,3)21-15(20)19-11-7-17(4,8-12-19)13-14-5-9-18-10-6-14/h5-6,9-10H,7-8,11-13H2,1-4H3. The molecule has 2 rings (SSSR count). The van der Waals surface area contributed by atoms with Crippen molar-refractivity contribution in [2.45, 2.75) is 52.6 Å². The lowest BCUT2D eigenvalue weighted by atomic mass is 9.76. The number of aromatic nitrogens is 1. The number of hydrogen-bond acceptors (Lipinski definition) is 3. The second-order valence-corrected chi connectivity index (χ2v) is 7.31. The van der Waals surface area contributed by atoms with Crippen molar-refractivity contribution in [1.29, 1.82) is 0 Å². The van der Waals surface area contributed by atoms with Crippen LogP contribution in [0.25, 0.3) is 0 Å². The molecule has 0 N–H and O–H groups in total. The zero-order valence-corrected chi connectivity index (χ0v) is 13.6. The van der Waals surface area contributed by atoms with Gasteiger partial charge in [0.25, 0.3) is 0 Å². The Bertz CT molecular complexity index is 471. The Morgan fingerprint density at radius 2 is 1.86 bits per heavy atom. The summed E-state index contributed by atoms with van der Waals surface area (Å²) in [4.78, 5) is 18.0. The summed E-state index contributed by atoms with van der Waals surface area (Å²) < 4.78 is 5.44. The molecule has 2 heterocycles. The first-order valence-electron chi connectivity index (χ1n) is 7.64. The van der Waals surface area contributed by atoms with E-state index in [9.17, 15) is 4.79 Å². The highest BCUT2D eigenvalue weighted by Gasteiger charge is 2.33. The van der Waals surface area contributed by atoms with Crippen LogP contribution < -0.4 is 0 Å². The molecule has 0 atom stereocenters. The SMILES string of the molecule is CC1(Cc2ccncc2)CCN(C(=O)OC(C)(C)C)CC1. The molecule has 0 aromatic carbocycles. The van der Waals surface area contributed by atoms with Gasteiger partial charge in [-0.3, -0.25) is 4.98 Å². The first kappa shape index (κ1) is 15.8. The predicted octanol–water partition coefficient (Wildman–Crippen LogP) is 3.66. The molecule has 0 bridgehead atoms. The summed E-state index contributed by atoms with van der Waals surface area (Å²) in [6.45, 7) is 9.57. The van der Waals surface area contributed by atoms with Crippen LogP contribution in [0.4, 0.5) is 4.79 Å². The molecule has 1 aliphatic heterocycles. The van der Waals surface area contributed by atoms with Crippen LogP contribution in [0.5, 0.6) is 0 Å². The van der Waals surface area contributed by atoms with Crippen molar-refractivity contribution in [1.82, 2.24) is 9.88 Å². The maximum atomic E-state index is 12.1. The van der Waals surface area contributed by atoms with Crippen molar-refractivity contribution in [2.75, 3.05) is 13.1 Å². The normalized spacial score (nSPS) is 18.4. The number of nitrogens with zero attached hydrogens (tertiary/aromatic N) is 2. The summed E-state index contributed by atoms with van der Waals surface area (Å²) in [5.41, 5.74) is 1.15. The van der Waals surface area contributed by atoms with Crippen LogP contribution in [0.3, 0.4) is 0 Å². The van der Waals surface area contributed by atoms with Crippen molar-refractivity contribution >= 4 is 6.09 Å². The Kier molecular flexibility index (Phi) is 4.55. The lowest BCUT2D eigenvalue weighted by Crippen LogP contribution is -2.45. The van der Waals surface area contributed by atoms with E-state index in [1.165, 1.54) is 5.56 Å². The average Bonchev–Trinajstić information content (AvgIpc) is 2.38. The topological polar surface area (TPSA) is 42.4 Å². The third-order valence-corrected chi connectivity index (χ3v) is 4.00. The molecule has 1 aromatic heterocycles. The summed E-state index contributed by atoms with van der Waals surface area (Å²) in [6, 6.07) is 4.15. The van der Waals surface area contributed by atoms with E-state index in [4.69, 9.17) is 4.74 Å². The van der Waals surface area contributed by atoms with Crippen molar-refractivity contribution in [2.24, 2.45) is 5.41 Å². The zero-order chi connectivity index (χ0) is 15.5. The average molecular weight is 290 g/mol. The minimum Gasteiger partial charge on any atom is -0.444 e. The van der Waals surface area contributed by atoms with Crippen molar-refractivity contribution in [3.63, 3.8) is 0 Å². The highest BCUT2D eigenvalue weighted by molar-refractivity contribution is 5.68. The molecule has 0 saturated carbocycles. The summed E-state index contributed by atoms with van der Waals surface area (Å²) >= 11 is 0. The van der Waals surface area contributed by atoms with E-state index in [2.05, 4.69) is 24.0 Å². The molecule has 0 aliphatic carbocycles. The Morgan fingerprint density at radius 1 is 1.29 bits per heavy atom. The highest BCUT2D eigenvalue weighted by Crippen LogP contribution is 2.34. The van der Waals surface area contributed by atoms with Crippen LogP contribution in [-0.4, -0.2) is 34.7 Å². The van der Waals surface area contributed by atoms with Crippen LogP contribution in [-0.2, 0) is 11.2 Å². The molecule has 0 spiro atoms. The number of likely N-dealkylation sites (tertiary alicyclic amines) is 1. The largest absolute Gasteiger partial charge is 0.444 e. The molecule has 1 saturated heterocycles. The zero-order valence-electron chi connectivity index (χ0n) is 13.6. The third-order valence-electron chi connectivity index (χ3n) is 4.00. The molecule has 116 valence electrons. The summed E-state index contributed by atoms with van der Waals surface area (Å²) in [5.74, 6) is 0. The van der Waals surface area contributed by atoms with E-state index in [0.717, 1.165) is 32.4 Å². The van der Waals surface area contributed by atoms with E-state index in [0.29, 0.717) is 0 Å². The maximum absolute atomic E-state index is 12.1. The van der Waals surface area contributed by atoms with Crippen molar-refractivity contribution in [3.05, 3.63) is 30.1 Å². The molecule has 21 heavy (non-hydrogen) atoms. The number of piperidine rings is 1. The second kappa shape index (κ2) is 6.04. The smallest absolute Gasteiger partial charge is 0.410 e. The first-order chi connectivity index (χ1) is 9.77. The quantitative estimate of drug-likeness (QED) is 0.834. The number of amides is 1. The number of ether oxygens (including phenoxy) is 1. The van der Waals surface area contributed by atoms with Gasteiger partial charge in [-0.05, 0) is 63.1 Å². The van der Waals surface area contributed by atoms with Crippen LogP contribution in [0.1, 0.15) is 46.1 Å². The molecule has 0 unspecified atom stereocenters. The van der Waals surface area contributed by atoms with Gasteiger partial charge < -0.3 is 9.64 Å². The third kappa shape index (κ3) is 4.73. The molecule has 0 radical (unpaired) electrons. The fourth-order valence-electron chi connectivity index (χ4n) is 2.73. The molecule has 4 nitrogen and oxygen atoms in total. The van der Waals surface area contributed by atoms with Gasteiger partial charge in [0.2, 0.25) is 0 Å². The van der Waals surface area contributed by atoms with Gasteiger partial charge >= 0.3 is 6.09 Å². The number of hydrogen-bond donors (Lipinski definition) is 0. The number of pyridine rings is 1. The van der Waals surface area contributed by atoms with E-state index < -0.39 is 5.60 Å². The molecule has 1 amide bonds. The van der Waals surface area contributed by atoms with Crippen molar-refractivity contribution < 1.29 is 9.53 Å². The minimum absolute atomic E-state index is 0.187. The van der Waals surface area contributed by atoms with Gasteiger partial charge in [0.15, 0.2) is 0 Å². The monoisotopic (exact) mass is 290 g/mol. The molecular formula is C17H26N2O2. The number of carbonyl (C=O) groups excluding carboxylic acids is 1. The summed E-state index contributed by atoms with van der Waals surface area (Å²) in [6.07, 6.45) is 6.55. The number of carbonyl (C=O) groups is 1. The number of rotatable bonds is 2. The van der Waals surface area contributed by atoms with E-state index >= 15 is 0 Å². The Labute approximate surface area is 127 Å². The maximum Gasteiger partial charge on any atom is 0.410 e. The van der Waals surface area contributed by atoms with E-state index in [1.807, 2.05) is 38.1 Å². The van der Waals surface area contributed by atoms with E-state index in [1.54, 1.807) is 0 Å².